The molecule has 3 amide bonds. The third-order valence-electron chi connectivity index (χ3n) is 4.70. The average molecular weight is 430 g/mol. The molecule has 2 saturated heterocycles. The van der Waals surface area contributed by atoms with Crippen LogP contribution in [0.3, 0.4) is 0 Å². The Kier molecular flexibility index (Phi) is 6.04. The first-order chi connectivity index (χ1) is 13.7. The largest absolute Gasteiger partial charge is 0.379 e. The molecule has 160 valence electrons. The summed E-state index contributed by atoms with van der Waals surface area (Å²) in [6, 6.07) is -0.788. The number of H-pyrrole nitrogens is 1. The highest BCUT2D eigenvalue weighted by atomic mass is 32.2. The molecule has 3 heterocycles. The van der Waals surface area contributed by atoms with E-state index in [9.17, 15) is 27.6 Å². The van der Waals surface area contributed by atoms with E-state index in [-0.39, 0.29) is 51.2 Å². The molecule has 1 aromatic rings. The van der Waals surface area contributed by atoms with Gasteiger partial charge in [-0.15, -0.1) is 0 Å². The van der Waals surface area contributed by atoms with Crippen molar-refractivity contribution >= 4 is 22.0 Å². The minimum absolute atomic E-state index is 0.104. The number of primary amides is 1. The monoisotopic (exact) mass is 430 g/mol. The van der Waals surface area contributed by atoms with Crippen LogP contribution in [0.15, 0.2) is 20.7 Å². The summed E-state index contributed by atoms with van der Waals surface area (Å²) in [6.45, 7) is 1.12. The second kappa shape index (κ2) is 8.34. The Morgan fingerprint density at radius 3 is 2.52 bits per heavy atom. The number of nitrogens with one attached hydrogen (secondary N) is 2. The maximum absolute atomic E-state index is 12.7. The van der Waals surface area contributed by atoms with Gasteiger partial charge >= 0.3 is 11.7 Å². The van der Waals surface area contributed by atoms with Crippen LogP contribution in [0.1, 0.15) is 6.42 Å². The van der Waals surface area contributed by atoms with Crippen LogP contribution in [-0.2, 0) is 26.1 Å². The summed E-state index contributed by atoms with van der Waals surface area (Å²) in [5.41, 5.74) is 3.28. The average Bonchev–Trinajstić information content (AvgIpc) is 2.63. The predicted molar refractivity (Wildman–Crippen MR) is 98.6 cm³/mol. The Bertz CT molecular complexity index is 1000. The minimum atomic E-state index is -4.10. The van der Waals surface area contributed by atoms with Crippen molar-refractivity contribution in [2.24, 2.45) is 5.73 Å². The molecule has 3 rings (SSSR count). The van der Waals surface area contributed by atoms with E-state index in [1.54, 1.807) is 0 Å². The van der Waals surface area contributed by atoms with Gasteiger partial charge in [-0.2, -0.15) is 4.31 Å². The normalized spacial score (nSPS) is 18.3. The van der Waals surface area contributed by atoms with Crippen LogP contribution in [0.25, 0.3) is 0 Å². The minimum Gasteiger partial charge on any atom is -0.379 e. The van der Waals surface area contributed by atoms with Crippen molar-refractivity contribution in [3.8, 4) is 0 Å². The number of nitrogens with zero attached hydrogens (tertiary/aromatic N) is 3. The van der Waals surface area contributed by atoms with Gasteiger partial charge in [0.25, 0.3) is 5.56 Å². The van der Waals surface area contributed by atoms with Crippen LogP contribution < -0.4 is 22.3 Å². The van der Waals surface area contributed by atoms with Crippen molar-refractivity contribution < 1.29 is 22.7 Å². The maximum atomic E-state index is 12.7. The van der Waals surface area contributed by atoms with Gasteiger partial charge in [0.05, 0.1) is 19.3 Å². The maximum Gasteiger partial charge on any atom is 0.328 e. The number of carbonyl (C=O) groups excluding carboxylic acids is 2. The summed E-state index contributed by atoms with van der Waals surface area (Å²) >= 11 is 0. The van der Waals surface area contributed by atoms with E-state index in [4.69, 9.17) is 10.5 Å². The zero-order valence-corrected chi connectivity index (χ0v) is 16.3. The van der Waals surface area contributed by atoms with Crippen LogP contribution in [0.5, 0.6) is 0 Å². The number of hydrogen-bond donors (Lipinski definition) is 3. The molecule has 0 radical (unpaired) electrons. The lowest BCUT2D eigenvalue weighted by atomic mass is 10.1. The van der Waals surface area contributed by atoms with Gasteiger partial charge in [0.15, 0.2) is 4.90 Å². The van der Waals surface area contributed by atoms with Gasteiger partial charge in [-0.05, 0) is 0 Å². The van der Waals surface area contributed by atoms with Crippen molar-refractivity contribution in [3.63, 3.8) is 0 Å². The molecule has 0 aliphatic carbocycles. The Hall–Kier alpha value is -2.71. The molecular weight excluding hydrogens is 408 g/mol. The van der Waals surface area contributed by atoms with E-state index in [2.05, 4.69) is 5.32 Å². The first kappa shape index (κ1) is 21.0. The molecule has 0 aromatic carbocycles. The highest BCUT2D eigenvalue weighted by Crippen LogP contribution is 2.12. The van der Waals surface area contributed by atoms with E-state index < -0.39 is 32.2 Å². The molecule has 0 saturated carbocycles. The molecule has 0 spiro atoms. The Labute approximate surface area is 165 Å². The lowest BCUT2D eigenvalue weighted by Gasteiger charge is -2.38. The molecule has 2 aliphatic rings. The van der Waals surface area contributed by atoms with Crippen LogP contribution in [0.4, 0.5) is 4.79 Å². The van der Waals surface area contributed by atoms with Crippen LogP contribution in [0.2, 0.25) is 0 Å². The van der Waals surface area contributed by atoms with Gasteiger partial charge in [-0.1, -0.05) is 0 Å². The molecule has 0 bridgehead atoms. The number of hydrogen-bond acceptors (Lipinski definition) is 7. The Morgan fingerprint density at radius 1 is 1.24 bits per heavy atom. The summed E-state index contributed by atoms with van der Waals surface area (Å²) < 4.78 is 32.6. The third kappa shape index (κ3) is 4.65. The fourth-order valence-electron chi connectivity index (χ4n) is 3.04. The molecule has 0 unspecified atom stereocenters. The van der Waals surface area contributed by atoms with E-state index in [0.29, 0.717) is 13.1 Å². The number of aromatic amines is 1. The number of urea groups is 1. The standard InChI is InChI=1S/C15H22N6O7S/c16-14(24)20-7-10(8-20)17-12(22)1-2-19-9-11(13(23)18-15(19)25)29(26,27)21-3-5-28-6-4-21/h9-10H,1-8H2,(H2,16,24)(H,17,22)(H,18,23,25). The molecule has 0 atom stereocenters. The highest BCUT2D eigenvalue weighted by Gasteiger charge is 2.31. The summed E-state index contributed by atoms with van der Waals surface area (Å²) in [5.74, 6) is -0.380. The van der Waals surface area contributed by atoms with Gasteiger partial charge in [-0.3, -0.25) is 19.1 Å². The van der Waals surface area contributed by atoms with Crippen molar-refractivity contribution in [1.82, 2.24) is 24.1 Å². The highest BCUT2D eigenvalue weighted by molar-refractivity contribution is 7.89. The zero-order valence-electron chi connectivity index (χ0n) is 15.5. The molecular formula is C15H22N6O7S. The summed E-state index contributed by atoms with van der Waals surface area (Å²) in [6.07, 6.45) is 0.841. The van der Waals surface area contributed by atoms with Gasteiger partial charge in [0.1, 0.15) is 0 Å². The van der Waals surface area contributed by atoms with Crippen LogP contribution in [0, 0.1) is 0 Å². The van der Waals surface area contributed by atoms with Gasteiger partial charge in [0.2, 0.25) is 15.9 Å². The lowest BCUT2D eigenvalue weighted by Crippen LogP contribution is -2.62. The number of sulfonamides is 1. The fourth-order valence-corrected chi connectivity index (χ4v) is 4.49. The fraction of sp³-hybridized carbons (Fsp3) is 0.600. The Balaban J connectivity index is 1.66. The SMILES string of the molecule is NC(=O)N1CC(NC(=O)CCn2cc(S(=O)(=O)N3CCOCC3)c(=O)[nH]c2=O)C1. The molecule has 4 N–H and O–H groups in total. The van der Waals surface area contributed by atoms with E-state index in [0.717, 1.165) is 15.1 Å². The first-order valence-electron chi connectivity index (χ1n) is 8.94. The second-order valence-electron chi connectivity index (χ2n) is 6.72. The summed E-state index contributed by atoms with van der Waals surface area (Å²) in [4.78, 5) is 49.8. The third-order valence-corrected chi connectivity index (χ3v) is 6.60. The summed E-state index contributed by atoms with van der Waals surface area (Å²) in [5, 5.41) is 2.68. The van der Waals surface area contributed by atoms with Gasteiger partial charge < -0.3 is 20.7 Å². The Morgan fingerprint density at radius 2 is 1.90 bits per heavy atom. The molecule has 2 fully saturated rings. The number of aryl methyl sites for hydroxylation is 1. The number of morpholine rings is 1. The van der Waals surface area contributed by atoms with E-state index >= 15 is 0 Å². The van der Waals surface area contributed by atoms with Crippen molar-refractivity contribution in [2.45, 2.75) is 23.9 Å². The van der Waals surface area contributed by atoms with E-state index in [1.807, 2.05) is 4.98 Å². The first-order valence-corrected chi connectivity index (χ1v) is 10.4. The second-order valence-corrected chi connectivity index (χ2v) is 8.63. The van der Waals surface area contributed by atoms with Crippen molar-refractivity contribution in [3.05, 3.63) is 27.0 Å². The quantitative estimate of drug-likeness (QED) is 0.426. The van der Waals surface area contributed by atoms with Gasteiger partial charge in [0, 0.05) is 45.3 Å². The molecule has 14 heteroatoms. The molecule has 29 heavy (non-hydrogen) atoms. The molecule has 2 aliphatic heterocycles. The molecule has 13 nitrogen and oxygen atoms in total. The van der Waals surface area contributed by atoms with Gasteiger partial charge in [-0.25, -0.2) is 18.0 Å². The van der Waals surface area contributed by atoms with Crippen LogP contribution in [-0.4, -0.2) is 84.5 Å². The number of nitrogens with two attached hydrogens (primary N) is 1. The van der Waals surface area contributed by atoms with Crippen molar-refractivity contribution in [1.29, 1.82) is 0 Å². The van der Waals surface area contributed by atoms with Crippen molar-refractivity contribution in [2.75, 3.05) is 39.4 Å². The zero-order chi connectivity index (χ0) is 21.2. The number of likely N-dealkylation sites (tertiary alicyclic amines) is 1. The number of rotatable bonds is 6. The smallest absolute Gasteiger partial charge is 0.328 e. The number of amides is 3. The number of carbonyl (C=O) groups is 2. The van der Waals surface area contributed by atoms with E-state index in [1.165, 1.54) is 4.90 Å². The summed E-state index contributed by atoms with van der Waals surface area (Å²) in [7, 11) is -4.10. The van der Waals surface area contributed by atoms with Crippen LogP contribution >= 0.6 is 0 Å². The lowest BCUT2D eigenvalue weighted by molar-refractivity contribution is -0.122. The number of ether oxygens (including phenoxy) is 1. The topological polar surface area (TPSA) is 177 Å². The molecule has 1 aromatic heterocycles. The predicted octanol–water partition coefficient (Wildman–Crippen LogP) is -3.17. The number of aromatic nitrogens is 2.